The normalized spacial score (nSPS) is 10.6. The second-order valence-electron chi connectivity index (χ2n) is 4.20. The van der Waals surface area contributed by atoms with Crippen molar-refractivity contribution in [2.75, 3.05) is 31.6 Å². The molecule has 0 saturated carbocycles. The van der Waals surface area contributed by atoms with Gasteiger partial charge in [-0.1, -0.05) is 25.4 Å². The van der Waals surface area contributed by atoms with E-state index in [9.17, 15) is 4.79 Å². The number of nitrogens with one attached hydrogen (secondary N) is 1. The number of carbonyl (C=O) groups excluding carboxylic acids is 1. The molecule has 1 aromatic rings. The lowest BCUT2D eigenvalue weighted by Crippen LogP contribution is -2.27. The summed E-state index contributed by atoms with van der Waals surface area (Å²) in [6.45, 7) is 9.20. The van der Waals surface area contributed by atoms with Crippen LogP contribution in [0.1, 0.15) is 20.8 Å². The number of hydrogen-bond donors (Lipinski definition) is 1. The van der Waals surface area contributed by atoms with Gasteiger partial charge in [0.25, 0.3) is 0 Å². The van der Waals surface area contributed by atoms with Crippen LogP contribution in [0, 0.1) is 0 Å². The Kier molecular flexibility index (Phi) is 6.67. The lowest BCUT2D eigenvalue weighted by atomic mass is 10.3. The van der Waals surface area contributed by atoms with E-state index in [0.29, 0.717) is 23.1 Å². The van der Waals surface area contributed by atoms with Gasteiger partial charge < -0.3 is 15.0 Å². The van der Waals surface area contributed by atoms with Gasteiger partial charge in [-0.2, -0.15) is 0 Å². The summed E-state index contributed by atoms with van der Waals surface area (Å²) in [7, 11) is 0. The molecule has 0 aliphatic carbocycles. The van der Waals surface area contributed by atoms with E-state index in [1.807, 2.05) is 0 Å². The monoisotopic (exact) mass is 284 g/mol. The molecule has 0 heterocycles. The van der Waals surface area contributed by atoms with Crippen molar-refractivity contribution >= 4 is 23.2 Å². The Morgan fingerprint density at radius 3 is 2.58 bits per heavy atom. The van der Waals surface area contributed by atoms with Gasteiger partial charge in [0.05, 0.1) is 5.02 Å². The molecule has 5 heteroatoms. The molecular formula is C14H21ClN2O2. The molecule has 106 valence electrons. The minimum absolute atomic E-state index is 0.119. The van der Waals surface area contributed by atoms with Gasteiger partial charge in [0.1, 0.15) is 12.4 Å². The zero-order chi connectivity index (χ0) is 14.3. The summed E-state index contributed by atoms with van der Waals surface area (Å²) in [5, 5.41) is 3.18. The highest BCUT2D eigenvalue weighted by Gasteiger charge is 2.05. The van der Waals surface area contributed by atoms with E-state index in [1.54, 1.807) is 18.2 Å². The first-order valence-corrected chi connectivity index (χ1v) is 6.86. The Balaban J connectivity index is 2.53. The van der Waals surface area contributed by atoms with Gasteiger partial charge >= 0.3 is 0 Å². The highest BCUT2D eigenvalue weighted by Crippen LogP contribution is 2.27. The fourth-order valence-corrected chi connectivity index (χ4v) is 1.96. The van der Waals surface area contributed by atoms with Crippen LogP contribution < -0.4 is 10.1 Å². The summed E-state index contributed by atoms with van der Waals surface area (Å²) < 4.78 is 5.64. The van der Waals surface area contributed by atoms with Gasteiger partial charge in [-0.15, -0.1) is 0 Å². The molecule has 1 N–H and O–H groups in total. The number of carbonyl (C=O) groups is 1. The maximum absolute atomic E-state index is 10.9. The summed E-state index contributed by atoms with van der Waals surface area (Å²) in [6.07, 6.45) is 0. The summed E-state index contributed by atoms with van der Waals surface area (Å²) >= 11 is 6.11. The van der Waals surface area contributed by atoms with Gasteiger partial charge in [0, 0.05) is 19.2 Å². The number of amides is 1. The summed E-state index contributed by atoms with van der Waals surface area (Å²) in [6, 6.07) is 5.24. The average molecular weight is 285 g/mol. The first-order valence-electron chi connectivity index (χ1n) is 6.49. The largest absolute Gasteiger partial charge is 0.491 e. The number of hydrogen-bond acceptors (Lipinski definition) is 3. The summed E-state index contributed by atoms with van der Waals surface area (Å²) in [4.78, 5) is 13.2. The molecule has 1 amide bonds. The SMILES string of the molecule is CCN(CC)CCOc1ccc(NC(C)=O)cc1Cl. The topological polar surface area (TPSA) is 41.6 Å². The van der Waals surface area contributed by atoms with Gasteiger partial charge in [-0.05, 0) is 31.3 Å². The molecule has 0 saturated heterocycles. The lowest BCUT2D eigenvalue weighted by molar-refractivity contribution is -0.114. The van der Waals surface area contributed by atoms with E-state index in [1.165, 1.54) is 6.92 Å². The number of likely N-dealkylation sites (N-methyl/N-ethyl adjacent to an activating group) is 1. The molecule has 0 radical (unpaired) electrons. The number of rotatable bonds is 7. The van der Waals surface area contributed by atoms with Crippen LogP contribution in [0.25, 0.3) is 0 Å². The van der Waals surface area contributed by atoms with Gasteiger partial charge in [0.15, 0.2) is 0 Å². The molecule has 0 fully saturated rings. The molecule has 0 bridgehead atoms. The fraction of sp³-hybridized carbons (Fsp3) is 0.500. The highest BCUT2D eigenvalue weighted by molar-refractivity contribution is 6.32. The van der Waals surface area contributed by atoms with Crippen molar-refractivity contribution in [3.8, 4) is 5.75 Å². The van der Waals surface area contributed by atoms with Gasteiger partial charge in [-0.25, -0.2) is 0 Å². The Hall–Kier alpha value is -1.26. The zero-order valence-corrected chi connectivity index (χ0v) is 12.5. The van der Waals surface area contributed by atoms with Crippen molar-refractivity contribution < 1.29 is 9.53 Å². The number of benzene rings is 1. The maximum atomic E-state index is 10.9. The maximum Gasteiger partial charge on any atom is 0.221 e. The van der Waals surface area contributed by atoms with Gasteiger partial charge in [-0.3, -0.25) is 4.79 Å². The number of ether oxygens (including phenoxy) is 1. The number of nitrogens with zero attached hydrogens (tertiary/aromatic N) is 1. The van der Waals surface area contributed by atoms with E-state index in [0.717, 1.165) is 19.6 Å². The van der Waals surface area contributed by atoms with Gasteiger partial charge in [0.2, 0.25) is 5.91 Å². The minimum Gasteiger partial charge on any atom is -0.491 e. The van der Waals surface area contributed by atoms with Crippen molar-refractivity contribution in [3.63, 3.8) is 0 Å². The van der Waals surface area contributed by atoms with Crippen LogP contribution in [0.2, 0.25) is 5.02 Å². The molecule has 0 spiro atoms. The van der Waals surface area contributed by atoms with E-state index in [4.69, 9.17) is 16.3 Å². The Bertz CT molecular complexity index is 420. The van der Waals surface area contributed by atoms with E-state index in [-0.39, 0.29) is 5.91 Å². The Morgan fingerprint density at radius 1 is 1.37 bits per heavy atom. The van der Waals surface area contributed by atoms with Crippen molar-refractivity contribution in [2.24, 2.45) is 0 Å². The first kappa shape index (κ1) is 15.8. The number of halogens is 1. The summed E-state index contributed by atoms with van der Waals surface area (Å²) in [5.74, 6) is 0.522. The number of anilines is 1. The van der Waals surface area contributed by atoms with Crippen LogP contribution >= 0.6 is 11.6 Å². The molecule has 0 aromatic heterocycles. The molecule has 0 aliphatic rings. The second kappa shape index (κ2) is 8.02. The molecule has 0 atom stereocenters. The highest BCUT2D eigenvalue weighted by atomic mass is 35.5. The minimum atomic E-state index is -0.119. The zero-order valence-electron chi connectivity index (χ0n) is 11.7. The molecule has 1 rings (SSSR count). The molecular weight excluding hydrogens is 264 g/mol. The van der Waals surface area contributed by atoms with Crippen molar-refractivity contribution in [1.82, 2.24) is 4.90 Å². The third-order valence-corrected chi connectivity index (χ3v) is 3.11. The Labute approximate surface area is 119 Å². The van der Waals surface area contributed by atoms with Crippen LogP contribution in [0.15, 0.2) is 18.2 Å². The van der Waals surface area contributed by atoms with Crippen molar-refractivity contribution in [2.45, 2.75) is 20.8 Å². The van der Waals surface area contributed by atoms with Crippen molar-refractivity contribution in [3.05, 3.63) is 23.2 Å². The van der Waals surface area contributed by atoms with Crippen LogP contribution in [0.3, 0.4) is 0 Å². The quantitative estimate of drug-likeness (QED) is 0.837. The predicted octanol–water partition coefficient (Wildman–Crippen LogP) is 3.02. The Morgan fingerprint density at radius 2 is 2.05 bits per heavy atom. The van der Waals surface area contributed by atoms with E-state index in [2.05, 4.69) is 24.1 Å². The van der Waals surface area contributed by atoms with Crippen LogP contribution in [0.5, 0.6) is 5.75 Å². The third-order valence-electron chi connectivity index (χ3n) is 2.81. The van der Waals surface area contributed by atoms with E-state index < -0.39 is 0 Å². The van der Waals surface area contributed by atoms with Crippen LogP contribution in [-0.2, 0) is 4.79 Å². The first-order chi connectivity index (χ1) is 9.06. The van der Waals surface area contributed by atoms with E-state index >= 15 is 0 Å². The standard InChI is InChI=1S/C14H21ClN2O2/c1-4-17(5-2)8-9-19-14-7-6-12(10-13(14)15)16-11(3)18/h6-7,10H,4-5,8-9H2,1-3H3,(H,16,18). The molecule has 0 aliphatic heterocycles. The van der Waals surface area contributed by atoms with Crippen LogP contribution in [-0.4, -0.2) is 37.0 Å². The average Bonchev–Trinajstić information content (AvgIpc) is 2.36. The van der Waals surface area contributed by atoms with Crippen molar-refractivity contribution in [1.29, 1.82) is 0 Å². The fourth-order valence-electron chi connectivity index (χ4n) is 1.72. The molecule has 19 heavy (non-hydrogen) atoms. The molecule has 1 aromatic carbocycles. The lowest BCUT2D eigenvalue weighted by Gasteiger charge is -2.18. The predicted molar refractivity (Wildman–Crippen MR) is 79.0 cm³/mol. The smallest absolute Gasteiger partial charge is 0.221 e. The third kappa shape index (κ3) is 5.49. The molecule has 4 nitrogen and oxygen atoms in total. The summed E-state index contributed by atoms with van der Waals surface area (Å²) in [5.41, 5.74) is 0.675. The van der Waals surface area contributed by atoms with Crippen LogP contribution in [0.4, 0.5) is 5.69 Å². The second-order valence-corrected chi connectivity index (χ2v) is 4.61. The molecule has 0 unspecified atom stereocenters.